The summed E-state index contributed by atoms with van der Waals surface area (Å²) in [5.41, 5.74) is 1.53. The second-order valence-corrected chi connectivity index (χ2v) is 4.97. The number of pyridine rings is 1. The fourth-order valence-corrected chi connectivity index (χ4v) is 2.62. The van der Waals surface area contributed by atoms with Crippen molar-refractivity contribution in [1.29, 1.82) is 0 Å². The van der Waals surface area contributed by atoms with Crippen LogP contribution in [0.1, 0.15) is 6.42 Å². The first-order valence-electron chi connectivity index (χ1n) is 5.91. The second kappa shape index (κ2) is 4.46. The lowest BCUT2D eigenvalue weighted by atomic mass is 10.0. The molecule has 0 aliphatic carbocycles. The van der Waals surface area contributed by atoms with Gasteiger partial charge in [0.25, 0.3) is 0 Å². The highest BCUT2D eigenvalue weighted by Gasteiger charge is 2.36. The van der Waals surface area contributed by atoms with Gasteiger partial charge in [0, 0.05) is 26.3 Å². The minimum atomic E-state index is -0.287. The fraction of sp³-hybridized carbons (Fsp3) is 0.500. The number of aromatic nitrogens is 3. The first kappa shape index (κ1) is 11.8. The van der Waals surface area contributed by atoms with Gasteiger partial charge in [0.2, 0.25) is 0 Å². The zero-order chi connectivity index (χ0) is 12.6. The van der Waals surface area contributed by atoms with Gasteiger partial charge >= 0.3 is 0 Å². The van der Waals surface area contributed by atoms with Gasteiger partial charge in [0.1, 0.15) is 5.60 Å². The SMILES string of the molecule is COC1(Cn2c(=S)[nH]c3cccnc32)CCOC1. The van der Waals surface area contributed by atoms with Gasteiger partial charge in [-0.05, 0) is 24.4 Å². The summed E-state index contributed by atoms with van der Waals surface area (Å²) in [5.74, 6) is 0. The van der Waals surface area contributed by atoms with Gasteiger partial charge in [-0.2, -0.15) is 0 Å². The van der Waals surface area contributed by atoms with Crippen molar-refractivity contribution < 1.29 is 9.47 Å². The van der Waals surface area contributed by atoms with Crippen molar-refractivity contribution in [2.45, 2.75) is 18.6 Å². The molecule has 96 valence electrons. The Kier molecular flexibility index (Phi) is 2.93. The molecular weight excluding hydrogens is 250 g/mol. The van der Waals surface area contributed by atoms with E-state index in [0.29, 0.717) is 17.9 Å². The molecule has 5 nitrogen and oxygen atoms in total. The quantitative estimate of drug-likeness (QED) is 0.861. The number of hydrogen-bond acceptors (Lipinski definition) is 4. The molecule has 0 bridgehead atoms. The Labute approximate surface area is 110 Å². The van der Waals surface area contributed by atoms with Gasteiger partial charge < -0.3 is 14.5 Å². The molecule has 1 unspecified atom stereocenters. The lowest BCUT2D eigenvalue weighted by molar-refractivity contribution is -0.0290. The summed E-state index contributed by atoms with van der Waals surface area (Å²) in [6, 6.07) is 3.86. The second-order valence-electron chi connectivity index (χ2n) is 4.58. The Morgan fingerprint density at radius 2 is 2.56 bits per heavy atom. The first-order chi connectivity index (χ1) is 8.74. The Balaban J connectivity index is 2.04. The molecule has 0 amide bonds. The van der Waals surface area contributed by atoms with E-state index in [0.717, 1.165) is 24.2 Å². The highest BCUT2D eigenvalue weighted by atomic mass is 32.1. The third kappa shape index (κ3) is 1.86. The highest BCUT2D eigenvalue weighted by Crippen LogP contribution is 2.26. The van der Waals surface area contributed by atoms with E-state index in [4.69, 9.17) is 21.7 Å². The average Bonchev–Trinajstić information content (AvgIpc) is 2.97. The number of hydrogen-bond donors (Lipinski definition) is 1. The predicted octanol–water partition coefficient (Wildman–Crippen LogP) is 1.90. The van der Waals surface area contributed by atoms with Crippen LogP contribution in [0.15, 0.2) is 18.3 Å². The molecule has 0 aromatic carbocycles. The molecule has 3 heterocycles. The molecule has 0 radical (unpaired) electrons. The molecule has 2 aromatic heterocycles. The number of nitrogens with zero attached hydrogens (tertiary/aromatic N) is 2. The minimum Gasteiger partial charge on any atom is -0.378 e. The molecule has 18 heavy (non-hydrogen) atoms. The van der Waals surface area contributed by atoms with E-state index in [1.54, 1.807) is 13.3 Å². The lowest BCUT2D eigenvalue weighted by Gasteiger charge is -2.26. The van der Waals surface area contributed by atoms with Gasteiger partial charge in [-0.15, -0.1) is 0 Å². The van der Waals surface area contributed by atoms with E-state index in [9.17, 15) is 0 Å². The molecule has 3 rings (SSSR count). The van der Waals surface area contributed by atoms with E-state index in [1.807, 2.05) is 16.7 Å². The smallest absolute Gasteiger partial charge is 0.179 e. The highest BCUT2D eigenvalue weighted by molar-refractivity contribution is 7.71. The Morgan fingerprint density at radius 1 is 1.67 bits per heavy atom. The first-order valence-corrected chi connectivity index (χ1v) is 6.31. The van der Waals surface area contributed by atoms with E-state index < -0.39 is 0 Å². The van der Waals surface area contributed by atoms with Crippen LogP contribution in [0, 0.1) is 4.77 Å². The van der Waals surface area contributed by atoms with Gasteiger partial charge in [-0.1, -0.05) is 0 Å². The van der Waals surface area contributed by atoms with E-state index in [2.05, 4.69) is 9.97 Å². The average molecular weight is 265 g/mol. The normalized spacial score (nSPS) is 23.8. The molecule has 6 heteroatoms. The van der Waals surface area contributed by atoms with Crippen molar-refractivity contribution >= 4 is 23.4 Å². The van der Waals surface area contributed by atoms with Gasteiger partial charge in [-0.25, -0.2) is 4.98 Å². The summed E-state index contributed by atoms with van der Waals surface area (Å²) in [4.78, 5) is 7.54. The summed E-state index contributed by atoms with van der Waals surface area (Å²) in [6.07, 6.45) is 2.65. The van der Waals surface area contributed by atoms with Crippen molar-refractivity contribution in [3.63, 3.8) is 0 Å². The molecular formula is C12H15N3O2S. The fourth-order valence-electron chi connectivity index (χ4n) is 2.36. The molecule has 1 atom stereocenters. The van der Waals surface area contributed by atoms with Gasteiger partial charge in [0.15, 0.2) is 10.4 Å². The van der Waals surface area contributed by atoms with Crippen molar-refractivity contribution in [3.05, 3.63) is 23.1 Å². The monoisotopic (exact) mass is 265 g/mol. The van der Waals surface area contributed by atoms with Crippen LogP contribution >= 0.6 is 12.2 Å². The molecule has 1 aliphatic heterocycles. The Bertz CT molecular complexity index is 613. The maximum Gasteiger partial charge on any atom is 0.179 e. The number of methoxy groups -OCH3 is 1. The van der Waals surface area contributed by atoms with Crippen LogP contribution in [0.4, 0.5) is 0 Å². The lowest BCUT2D eigenvalue weighted by Crippen LogP contribution is -2.37. The Morgan fingerprint density at radius 3 is 3.28 bits per heavy atom. The molecule has 1 aliphatic rings. The predicted molar refractivity (Wildman–Crippen MR) is 70.1 cm³/mol. The van der Waals surface area contributed by atoms with Crippen LogP contribution in [-0.2, 0) is 16.0 Å². The topological polar surface area (TPSA) is 52.1 Å². The summed E-state index contributed by atoms with van der Waals surface area (Å²) < 4.78 is 13.8. The van der Waals surface area contributed by atoms with Crippen molar-refractivity contribution in [2.24, 2.45) is 0 Å². The van der Waals surface area contributed by atoms with Gasteiger partial charge in [-0.3, -0.25) is 4.57 Å². The maximum absolute atomic E-state index is 5.64. The summed E-state index contributed by atoms with van der Waals surface area (Å²) >= 11 is 5.36. The number of ether oxygens (including phenoxy) is 2. The van der Waals surface area contributed by atoms with Crippen molar-refractivity contribution in [3.8, 4) is 0 Å². The van der Waals surface area contributed by atoms with E-state index in [1.165, 1.54) is 0 Å². The van der Waals surface area contributed by atoms with Crippen LogP contribution in [-0.4, -0.2) is 40.5 Å². The molecule has 2 aromatic rings. The maximum atomic E-state index is 5.64. The van der Waals surface area contributed by atoms with E-state index >= 15 is 0 Å². The Hall–Kier alpha value is -1.24. The van der Waals surface area contributed by atoms with Crippen LogP contribution in [0.5, 0.6) is 0 Å². The molecule has 1 fully saturated rings. The summed E-state index contributed by atoms with van der Waals surface area (Å²) in [7, 11) is 1.72. The van der Waals surface area contributed by atoms with E-state index in [-0.39, 0.29) is 5.60 Å². The summed E-state index contributed by atoms with van der Waals surface area (Å²) in [5, 5.41) is 0. The zero-order valence-corrected chi connectivity index (χ0v) is 11.0. The number of nitrogens with one attached hydrogen (secondary N) is 1. The van der Waals surface area contributed by atoms with Crippen LogP contribution < -0.4 is 0 Å². The number of imidazole rings is 1. The molecule has 1 saturated heterocycles. The minimum absolute atomic E-state index is 0.287. The largest absolute Gasteiger partial charge is 0.378 e. The third-order valence-electron chi connectivity index (χ3n) is 3.48. The van der Waals surface area contributed by atoms with Crippen molar-refractivity contribution in [2.75, 3.05) is 20.3 Å². The van der Waals surface area contributed by atoms with Gasteiger partial charge in [0.05, 0.1) is 18.7 Å². The zero-order valence-electron chi connectivity index (χ0n) is 10.2. The number of fused-ring (bicyclic) bond motifs is 1. The molecule has 1 N–H and O–H groups in total. The summed E-state index contributed by atoms with van der Waals surface area (Å²) in [6.45, 7) is 2.00. The van der Waals surface area contributed by atoms with Crippen LogP contribution in [0.25, 0.3) is 11.2 Å². The molecule has 0 spiro atoms. The number of H-pyrrole nitrogens is 1. The molecule has 0 saturated carbocycles. The number of rotatable bonds is 3. The number of aromatic amines is 1. The third-order valence-corrected chi connectivity index (χ3v) is 3.80. The van der Waals surface area contributed by atoms with Crippen molar-refractivity contribution in [1.82, 2.24) is 14.5 Å². The standard InChI is InChI=1S/C12H15N3O2S/c1-16-12(4-6-17-8-12)7-15-10-9(14-11(15)18)3-2-5-13-10/h2-3,5H,4,6-8H2,1H3,(H,14,18). The van der Waals surface area contributed by atoms with Crippen LogP contribution in [0.3, 0.4) is 0 Å². The van der Waals surface area contributed by atoms with Crippen LogP contribution in [0.2, 0.25) is 0 Å².